The van der Waals surface area contributed by atoms with Crippen LogP contribution in [0.3, 0.4) is 0 Å². The number of aromatic nitrogens is 1. The first-order chi connectivity index (χ1) is 6.31. The standard InChI is InChI=1S/C9H14N2OS/c1-3-11(4-2)9-10-8(5-6-12)7-13-9/h6-7H,3-5H2,1-2H3. The Morgan fingerprint density at radius 3 is 2.77 bits per heavy atom. The highest BCUT2D eigenvalue weighted by Crippen LogP contribution is 2.19. The molecule has 0 spiro atoms. The molecule has 13 heavy (non-hydrogen) atoms. The highest BCUT2D eigenvalue weighted by atomic mass is 32.1. The van der Waals surface area contributed by atoms with Crippen LogP contribution in [0.2, 0.25) is 0 Å². The van der Waals surface area contributed by atoms with E-state index in [1.54, 1.807) is 11.3 Å². The third-order valence-corrected chi connectivity index (χ3v) is 2.82. The minimum atomic E-state index is 0.428. The summed E-state index contributed by atoms with van der Waals surface area (Å²) in [5.41, 5.74) is 0.877. The summed E-state index contributed by atoms with van der Waals surface area (Å²) in [6, 6.07) is 0. The van der Waals surface area contributed by atoms with E-state index in [2.05, 4.69) is 23.7 Å². The fourth-order valence-corrected chi connectivity index (χ4v) is 2.08. The van der Waals surface area contributed by atoms with Crippen molar-refractivity contribution in [1.82, 2.24) is 4.98 Å². The summed E-state index contributed by atoms with van der Waals surface area (Å²) in [6.45, 7) is 6.13. The Hall–Kier alpha value is -0.900. The zero-order valence-corrected chi connectivity index (χ0v) is 8.80. The maximum atomic E-state index is 10.2. The molecule has 0 bridgehead atoms. The number of thiazole rings is 1. The molecule has 1 aromatic heterocycles. The Bertz CT molecular complexity index is 268. The number of hydrogen-bond acceptors (Lipinski definition) is 4. The van der Waals surface area contributed by atoms with Crippen LogP contribution in [0.4, 0.5) is 5.13 Å². The molecule has 1 heterocycles. The summed E-state index contributed by atoms with van der Waals surface area (Å²) in [5, 5.41) is 2.96. The number of anilines is 1. The van der Waals surface area contributed by atoms with Crippen molar-refractivity contribution >= 4 is 22.8 Å². The number of hydrogen-bond donors (Lipinski definition) is 0. The lowest BCUT2D eigenvalue weighted by Crippen LogP contribution is -2.21. The topological polar surface area (TPSA) is 33.2 Å². The molecular weight excluding hydrogens is 184 g/mol. The van der Waals surface area contributed by atoms with Gasteiger partial charge in [-0.25, -0.2) is 4.98 Å². The Balaban J connectivity index is 2.71. The third-order valence-electron chi connectivity index (χ3n) is 1.87. The van der Waals surface area contributed by atoms with Crippen molar-refractivity contribution < 1.29 is 4.79 Å². The molecule has 0 atom stereocenters. The van der Waals surface area contributed by atoms with Gasteiger partial charge in [0, 0.05) is 24.9 Å². The van der Waals surface area contributed by atoms with E-state index < -0.39 is 0 Å². The Morgan fingerprint density at radius 1 is 1.54 bits per heavy atom. The second kappa shape index (κ2) is 4.97. The van der Waals surface area contributed by atoms with Gasteiger partial charge in [0.15, 0.2) is 5.13 Å². The van der Waals surface area contributed by atoms with Gasteiger partial charge in [-0.15, -0.1) is 11.3 Å². The van der Waals surface area contributed by atoms with E-state index in [0.29, 0.717) is 6.42 Å². The first kappa shape index (κ1) is 10.2. The molecule has 0 amide bonds. The number of nitrogens with zero attached hydrogens (tertiary/aromatic N) is 2. The van der Waals surface area contributed by atoms with Gasteiger partial charge in [-0.1, -0.05) is 0 Å². The second-order valence-corrected chi connectivity index (χ2v) is 3.50. The van der Waals surface area contributed by atoms with Crippen molar-refractivity contribution in [3.8, 4) is 0 Å². The molecule has 0 aliphatic carbocycles. The van der Waals surface area contributed by atoms with Crippen molar-refractivity contribution in [2.24, 2.45) is 0 Å². The normalized spacial score (nSPS) is 10.0. The van der Waals surface area contributed by atoms with E-state index in [1.165, 1.54) is 0 Å². The van der Waals surface area contributed by atoms with E-state index in [9.17, 15) is 4.79 Å². The van der Waals surface area contributed by atoms with Gasteiger partial charge in [0.2, 0.25) is 0 Å². The van der Waals surface area contributed by atoms with Crippen molar-refractivity contribution in [2.45, 2.75) is 20.3 Å². The van der Waals surface area contributed by atoms with Crippen LogP contribution in [0.15, 0.2) is 5.38 Å². The van der Waals surface area contributed by atoms with Gasteiger partial charge in [-0.2, -0.15) is 0 Å². The summed E-state index contributed by atoms with van der Waals surface area (Å²) < 4.78 is 0. The number of rotatable bonds is 5. The third kappa shape index (κ3) is 2.52. The van der Waals surface area contributed by atoms with Crippen molar-refractivity contribution in [2.75, 3.05) is 18.0 Å². The summed E-state index contributed by atoms with van der Waals surface area (Å²) >= 11 is 1.60. The monoisotopic (exact) mass is 198 g/mol. The summed E-state index contributed by atoms with van der Waals surface area (Å²) in [4.78, 5) is 16.8. The molecule has 0 saturated heterocycles. The molecule has 0 aliphatic heterocycles. The van der Waals surface area contributed by atoms with Crippen LogP contribution in [-0.2, 0) is 11.2 Å². The highest BCUT2D eigenvalue weighted by Gasteiger charge is 2.06. The molecule has 0 aliphatic rings. The van der Waals surface area contributed by atoms with Crippen LogP contribution in [-0.4, -0.2) is 24.4 Å². The molecule has 0 N–H and O–H groups in total. The summed E-state index contributed by atoms with van der Waals surface area (Å²) in [7, 11) is 0. The maximum absolute atomic E-state index is 10.2. The first-order valence-electron chi connectivity index (χ1n) is 4.44. The van der Waals surface area contributed by atoms with Gasteiger partial charge in [-0.3, -0.25) is 0 Å². The zero-order chi connectivity index (χ0) is 9.68. The van der Waals surface area contributed by atoms with Crippen molar-refractivity contribution in [3.63, 3.8) is 0 Å². The van der Waals surface area contributed by atoms with Crippen LogP contribution in [0, 0.1) is 0 Å². The minimum absolute atomic E-state index is 0.428. The molecule has 4 heteroatoms. The van der Waals surface area contributed by atoms with Gasteiger partial charge in [0.05, 0.1) is 5.69 Å². The van der Waals surface area contributed by atoms with Crippen molar-refractivity contribution in [1.29, 1.82) is 0 Å². The van der Waals surface area contributed by atoms with Crippen LogP contribution < -0.4 is 4.90 Å². The van der Waals surface area contributed by atoms with Gasteiger partial charge < -0.3 is 9.69 Å². The predicted molar refractivity (Wildman–Crippen MR) is 55.4 cm³/mol. The summed E-state index contributed by atoms with van der Waals surface area (Å²) in [6.07, 6.45) is 1.32. The van der Waals surface area contributed by atoms with E-state index in [1.807, 2.05) is 5.38 Å². The molecule has 3 nitrogen and oxygen atoms in total. The van der Waals surface area contributed by atoms with Gasteiger partial charge in [0.1, 0.15) is 6.29 Å². The van der Waals surface area contributed by atoms with E-state index >= 15 is 0 Å². The molecular formula is C9H14N2OS. The number of carbonyl (C=O) groups excluding carboxylic acids is 1. The lowest BCUT2D eigenvalue weighted by Gasteiger charge is -2.16. The number of aldehydes is 1. The second-order valence-electron chi connectivity index (χ2n) is 2.66. The van der Waals surface area contributed by atoms with Crippen LogP contribution >= 0.6 is 11.3 Å². The fourth-order valence-electron chi connectivity index (χ4n) is 1.11. The molecule has 1 aromatic rings. The van der Waals surface area contributed by atoms with E-state index in [0.717, 1.165) is 30.2 Å². The first-order valence-corrected chi connectivity index (χ1v) is 5.32. The van der Waals surface area contributed by atoms with Crippen molar-refractivity contribution in [3.05, 3.63) is 11.1 Å². The molecule has 0 fully saturated rings. The molecule has 1 rings (SSSR count). The molecule has 0 aromatic carbocycles. The molecule has 72 valence electrons. The Morgan fingerprint density at radius 2 is 2.23 bits per heavy atom. The van der Waals surface area contributed by atoms with Gasteiger partial charge in [0.25, 0.3) is 0 Å². The number of carbonyl (C=O) groups is 1. The van der Waals surface area contributed by atoms with Gasteiger partial charge >= 0.3 is 0 Å². The largest absolute Gasteiger partial charge is 0.349 e. The van der Waals surface area contributed by atoms with Crippen LogP contribution in [0.5, 0.6) is 0 Å². The van der Waals surface area contributed by atoms with E-state index in [-0.39, 0.29) is 0 Å². The zero-order valence-electron chi connectivity index (χ0n) is 7.99. The summed E-state index contributed by atoms with van der Waals surface area (Å²) in [5.74, 6) is 0. The lowest BCUT2D eigenvalue weighted by atomic mass is 10.4. The van der Waals surface area contributed by atoms with Gasteiger partial charge in [-0.05, 0) is 13.8 Å². The SMILES string of the molecule is CCN(CC)c1nc(CC=O)cs1. The fraction of sp³-hybridized carbons (Fsp3) is 0.556. The highest BCUT2D eigenvalue weighted by molar-refractivity contribution is 7.13. The minimum Gasteiger partial charge on any atom is -0.349 e. The molecule has 0 saturated carbocycles. The molecule has 0 unspecified atom stereocenters. The maximum Gasteiger partial charge on any atom is 0.185 e. The molecule has 0 radical (unpaired) electrons. The smallest absolute Gasteiger partial charge is 0.185 e. The quantitative estimate of drug-likeness (QED) is 0.676. The van der Waals surface area contributed by atoms with Crippen LogP contribution in [0.1, 0.15) is 19.5 Å². The van der Waals surface area contributed by atoms with Crippen LogP contribution in [0.25, 0.3) is 0 Å². The van der Waals surface area contributed by atoms with E-state index in [4.69, 9.17) is 0 Å². The average molecular weight is 198 g/mol. The predicted octanol–water partition coefficient (Wildman–Crippen LogP) is 1.73. The average Bonchev–Trinajstić information content (AvgIpc) is 2.56. The Labute approximate surface area is 82.4 Å². The Kier molecular flexibility index (Phi) is 3.89. The lowest BCUT2D eigenvalue weighted by molar-refractivity contribution is -0.107.